The second-order valence-corrected chi connectivity index (χ2v) is 7.02. The fourth-order valence-corrected chi connectivity index (χ4v) is 4.44. The fraction of sp³-hybridized carbons (Fsp3) is 0.150. The summed E-state index contributed by atoms with van der Waals surface area (Å²) >= 11 is 1.49. The molecular formula is C20H16FNO3S. The minimum absolute atomic E-state index is 0.0509. The van der Waals surface area contributed by atoms with Gasteiger partial charge in [-0.3, -0.25) is 4.79 Å². The number of methoxy groups -OCH3 is 1. The lowest BCUT2D eigenvalue weighted by atomic mass is 9.89. The first-order chi connectivity index (χ1) is 12.6. The van der Waals surface area contributed by atoms with Gasteiger partial charge in [0, 0.05) is 33.7 Å². The number of rotatable bonds is 3. The Hall–Kier alpha value is -2.86. The zero-order valence-corrected chi connectivity index (χ0v) is 14.8. The molecule has 0 radical (unpaired) electrons. The van der Waals surface area contributed by atoms with Crippen molar-refractivity contribution in [3.8, 4) is 22.6 Å². The molecule has 132 valence electrons. The molecule has 2 aromatic carbocycles. The lowest BCUT2D eigenvalue weighted by Gasteiger charge is -2.24. The summed E-state index contributed by atoms with van der Waals surface area (Å²) < 4.78 is 19.4. The quantitative estimate of drug-likeness (QED) is 0.701. The number of carbonyl (C=O) groups excluding carboxylic acids is 1. The summed E-state index contributed by atoms with van der Waals surface area (Å²) in [5, 5.41) is 14.6. The number of hydrogen-bond donors (Lipinski definition) is 2. The van der Waals surface area contributed by atoms with E-state index in [1.54, 1.807) is 36.4 Å². The molecule has 1 amide bonds. The van der Waals surface area contributed by atoms with Crippen LogP contribution in [0.1, 0.15) is 22.8 Å². The van der Waals surface area contributed by atoms with Crippen molar-refractivity contribution in [1.82, 2.24) is 0 Å². The predicted molar refractivity (Wildman–Crippen MR) is 99.5 cm³/mol. The molecule has 1 aromatic heterocycles. The van der Waals surface area contributed by atoms with Crippen molar-refractivity contribution in [1.29, 1.82) is 0 Å². The average molecular weight is 369 g/mol. The van der Waals surface area contributed by atoms with E-state index in [4.69, 9.17) is 4.74 Å². The van der Waals surface area contributed by atoms with E-state index in [9.17, 15) is 14.3 Å². The zero-order valence-electron chi connectivity index (χ0n) is 14.0. The summed E-state index contributed by atoms with van der Waals surface area (Å²) in [5.74, 6) is -0.198. The Labute approximate surface area is 153 Å². The van der Waals surface area contributed by atoms with Gasteiger partial charge < -0.3 is 15.2 Å². The van der Waals surface area contributed by atoms with E-state index in [0.29, 0.717) is 22.6 Å². The van der Waals surface area contributed by atoms with Crippen LogP contribution >= 0.6 is 11.3 Å². The van der Waals surface area contributed by atoms with Gasteiger partial charge in [0.25, 0.3) is 0 Å². The Bertz CT molecular complexity index is 998. The molecule has 3 aromatic rings. The number of halogens is 1. The smallest absolute Gasteiger partial charge is 0.225 e. The molecule has 0 unspecified atom stereocenters. The molecular weight excluding hydrogens is 353 g/mol. The molecule has 6 heteroatoms. The fourth-order valence-electron chi connectivity index (χ4n) is 3.28. The van der Waals surface area contributed by atoms with Gasteiger partial charge >= 0.3 is 0 Å². The minimum Gasteiger partial charge on any atom is -0.504 e. The number of carbonyl (C=O) groups is 1. The monoisotopic (exact) mass is 369 g/mol. The van der Waals surface area contributed by atoms with Gasteiger partial charge in [-0.05, 0) is 23.8 Å². The second kappa shape index (κ2) is 6.46. The van der Waals surface area contributed by atoms with Crippen LogP contribution in [0, 0.1) is 5.82 Å². The third-order valence-corrected chi connectivity index (χ3v) is 5.66. The van der Waals surface area contributed by atoms with Gasteiger partial charge in [-0.15, -0.1) is 11.3 Å². The number of aromatic hydroxyl groups is 1. The summed E-state index contributed by atoms with van der Waals surface area (Å²) in [7, 11) is 1.49. The van der Waals surface area contributed by atoms with Gasteiger partial charge in [0.05, 0.1) is 12.8 Å². The summed E-state index contributed by atoms with van der Waals surface area (Å²) in [6.45, 7) is 0. The van der Waals surface area contributed by atoms with Gasteiger partial charge in [-0.25, -0.2) is 4.39 Å². The normalized spacial score (nSPS) is 16.1. The van der Waals surface area contributed by atoms with Gasteiger partial charge in [-0.1, -0.05) is 24.3 Å². The largest absolute Gasteiger partial charge is 0.504 e. The summed E-state index contributed by atoms with van der Waals surface area (Å²) in [6, 6.07) is 11.6. The maximum atomic E-state index is 14.2. The highest BCUT2D eigenvalue weighted by molar-refractivity contribution is 7.11. The third kappa shape index (κ3) is 2.72. The Morgan fingerprint density at radius 2 is 2.04 bits per heavy atom. The van der Waals surface area contributed by atoms with Crippen LogP contribution in [-0.2, 0) is 4.79 Å². The molecule has 1 aliphatic heterocycles. The maximum Gasteiger partial charge on any atom is 0.225 e. The summed E-state index contributed by atoms with van der Waals surface area (Å²) in [5.41, 5.74) is 2.69. The number of thiophene rings is 1. The Morgan fingerprint density at radius 3 is 2.81 bits per heavy atom. The van der Waals surface area contributed by atoms with Crippen molar-refractivity contribution in [2.24, 2.45) is 0 Å². The van der Waals surface area contributed by atoms with Gasteiger partial charge in [-0.2, -0.15) is 0 Å². The Morgan fingerprint density at radius 1 is 1.23 bits per heavy atom. The number of anilines is 1. The second-order valence-electron chi connectivity index (χ2n) is 6.10. The minimum atomic E-state index is -0.323. The van der Waals surface area contributed by atoms with Crippen molar-refractivity contribution in [2.45, 2.75) is 12.3 Å². The number of ether oxygens (including phenoxy) is 1. The molecule has 0 fully saturated rings. The van der Waals surface area contributed by atoms with Gasteiger partial charge in [0.2, 0.25) is 5.91 Å². The SMILES string of the molecule is COc1cc([C@@H]2CC(=O)Nc3c(-c4ccccc4F)csc32)ccc1O. The third-order valence-electron chi connectivity index (χ3n) is 4.56. The number of fused-ring (bicyclic) bond motifs is 1. The van der Waals surface area contributed by atoms with Crippen LogP contribution in [0.25, 0.3) is 11.1 Å². The molecule has 4 rings (SSSR count). The highest BCUT2D eigenvalue weighted by Crippen LogP contribution is 2.47. The predicted octanol–water partition coefficient (Wildman–Crippen LogP) is 4.74. The van der Waals surface area contributed by atoms with Crippen LogP contribution in [-0.4, -0.2) is 18.1 Å². The highest BCUT2D eigenvalue weighted by Gasteiger charge is 2.31. The first-order valence-electron chi connectivity index (χ1n) is 8.11. The molecule has 1 atom stereocenters. The van der Waals surface area contributed by atoms with Gasteiger partial charge in [0.15, 0.2) is 11.5 Å². The number of phenolic OH excluding ortho intramolecular Hbond substituents is 1. The lowest BCUT2D eigenvalue weighted by Crippen LogP contribution is -2.22. The van der Waals surface area contributed by atoms with E-state index < -0.39 is 0 Å². The van der Waals surface area contributed by atoms with E-state index in [-0.39, 0.29) is 29.8 Å². The van der Waals surface area contributed by atoms with Crippen molar-refractivity contribution in [3.05, 3.63) is 64.1 Å². The number of benzene rings is 2. The van der Waals surface area contributed by atoms with Crippen molar-refractivity contribution in [3.63, 3.8) is 0 Å². The van der Waals surface area contributed by atoms with Crippen LogP contribution in [0.15, 0.2) is 47.8 Å². The molecule has 2 N–H and O–H groups in total. The Kier molecular flexibility index (Phi) is 4.12. The van der Waals surface area contributed by atoms with E-state index in [2.05, 4.69) is 5.32 Å². The number of hydrogen-bond acceptors (Lipinski definition) is 4. The average Bonchev–Trinajstić information content (AvgIpc) is 3.05. The van der Waals surface area contributed by atoms with E-state index in [0.717, 1.165) is 10.4 Å². The maximum absolute atomic E-state index is 14.2. The summed E-state index contributed by atoms with van der Waals surface area (Å²) in [4.78, 5) is 13.3. The molecule has 0 bridgehead atoms. The molecule has 26 heavy (non-hydrogen) atoms. The first-order valence-corrected chi connectivity index (χ1v) is 8.99. The summed E-state index contributed by atoms with van der Waals surface area (Å²) in [6.07, 6.45) is 0.290. The molecule has 1 aliphatic rings. The van der Waals surface area contributed by atoms with Crippen LogP contribution in [0.5, 0.6) is 11.5 Å². The van der Waals surface area contributed by atoms with Crippen molar-refractivity contribution in [2.75, 3.05) is 12.4 Å². The standard InChI is InChI=1S/C20H16FNO3S/c1-25-17-8-11(6-7-16(17)23)13-9-18(24)22-19-14(10-26-20(13)19)12-4-2-3-5-15(12)21/h2-8,10,13,23H,9H2,1H3,(H,22,24)/t13-/m0/s1. The van der Waals surface area contributed by atoms with E-state index >= 15 is 0 Å². The van der Waals surface area contributed by atoms with Gasteiger partial charge in [0.1, 0.15) is 5.82 Å². The van der Waals surface area contributed by atoms with E-state index in [1.165, 1.54) is 24.5 Å². The first kappa shape index (κ1) is 16.6. The topological polar surface area (TPSA) is 58.6 Å². The molecule has 0 spiro atoms. The van der Waals surface area contributed by atoms with Crippen LogP contribution < -0.4 is 10.1 Å². The number of amides is 1. The van der Waals surface area contributed by atoms with Crippen molar-refractivity contribution >= 4 is 22.9 Å². The number of nitrogens with one attached hydrogen (secondary N) is 1. The molecule has 4 nitrogen and oxygen atoms in total. The van der Waals surface area contributed by atoms with Crippen LogP contribution in [0.4, 0.5) is 10.1 Å². The molecule has 0 saturated carbocycles. The highest BCUT2D eigenvalue weighted by atomic mass is 32.1. The van der Waals surface area contributed by atoms with Crippen LogP contribution in [0.2, 0.25) is 0 Å². The Balaban J connectivity index is 1.83. The lowest BCUT2D eigenvalue weighted by molar-refractivity contribution is -0.116. The van der Waals surface area contributed by atoms with E-state index in [1.807, 2.05) is 5.38 Å². The number of phenols is 1. The molecule has 0 saturated heterocycles. The molecule has 0 aliphatic carbocycles. The zero-order chi connectivity index (χ0) is 18.3. The molecule has 2 heterocycles. The van der Waals surface area contributed by atoms with Crippen molar-refractivity contribution < 1.29 is 19.0 Å². The van der Waals surface area contributed by atoms with Crippen LogP contribution in [0.3, 0.4) is 0 Å².